The van der Waals surface area contributed by atoms with Crippen LogP contribution in [-0.4, -0.2) is 3.71 Å². The molecule has 1 heterocycles. The van der Waals surface area contributed by atoms with Crippen LogP contribution in [-0.2, 0) is 30.7 Å². The predicted octanol–water partition coefficient (Wildman–Crippen LogP) is 6.24. The molecular formula is C46H48Cl2OZr-2. The van der Waals surface area contributed by atoms with E-state index in [2.05, 4.69) is 132 Å². The molecule has 0 aliphatic heterocycles. The van der Waals surface area contributed by atoms with Crippen molar-refractivity contribution in [1.82, 2.24) is 0 Å². The molecule has 3 aliphatic carbocycles. The van der Waals surface area contributed by atoms with Gasteiger partial charge in [0.05, 0.1) is 6.26 Å². The average molecular weight is 779 g/mol. The second-order valence-corrected chi connectivity index (χ2v) is 15.0. The molecule has 0 radical (unpaired) electrons. The summed E-state index contributed by atoms with van der Waals surface area (Å²) in [6.45, 7) is 19.1. The number of fused-ring (bicyclic) bond motifs is 8. The van der Waals surface area contributed by atoms with E-state index in [0.717, 1.165) is 24.0 Å². The van der Waals surface area contributed by atoms with Crippen LogP contribution in [0.15, 0.2) is 95.8 Å². The minimum atomic E-state index is 0. The van der Waals surface area contributed by atoms with Crippen molar-refractivity contribution in [3.63, 3.8) is 0 Å². The second kappa shape index (κ2) is 17.1. The molecule has 0 amide bonds. The Balaban J connectivity index is 0.000000219. The van der Waals surface area contributed by atoms with Crippen molar-refractivity contribution in [3.8, 4) is 11.1 Å². The molecule has 0 saturated carbocycles. The maximum absolute atomic E-state index is 4.93. The van der Waals surface area contributed by atoms with E-state index in [1.807, 2.05) is 12.1 Å². The van der Waals surface area contributed by atoms with Crippen LogP contribution in [0.25, 0.3) is 27.5 Å². The van der Waals surface area contributed by atoms with E-state index in [-0.39, 0.29) is 24.8 Å². The van der Waals surface area contributed by atoms with Crippen molar-refractivity contribution in [2.24, 2.45) is 11.8 Å². The first-order valence-electron chi connectivity index (χ1n) is 17.5. The summed E-state index contributed by atoms with van der Waals surface area (Å²) in [7, 11) is 0. The number of halogens is 2. The Morgan fingerprint density at radius 3 is 2.16 bits per heavy atom. The number of benzene rings is 4. The quantitative estimate of drug-likeness (QED) is 0.198. The molecule has 4 aromatic carbocycles. The van der Waals surface area contributed by atoms with Crippen LogP contribution >= 0.6 is 0 Å². The third kappa shape index (κ3) is 7.37. The fraction of sp³-hybridized carbons (Fsp3) is 0.304. The van der Waals surface area contributed by atoms with Crippen LogP contribution in [0.3, 0.4) is 0 Å². The maximum atomic E-state index is 4.93. The summed E-state index contributed by atoms with van der Waals surface area (Å²) in [6.07, 6.45) is 12.8. The zero-order valence-corrected chi connectivity index (χ0v) is 34.6. The SMILES string of the molecule is Cc1cc2c(c(C)c1C)C(C)c1c3c(c4ccccc4c1-2)C(C)C(C)C(C)[C-]3C.[C-]1=C(c2ccoc2)C=CC1.[Cl-].[Cl-].[Zr+2]=[CH]Cc1ccccc1. The zero-order valence-electron chi connectivity index (χ0n) is 30.6. The van der Waals surface area contributed by atoms with Gasteiger partial charge in [-0.3, -0.25) is 0 Å². The van der Waals surface area contributed by atoms with Crippen molar-refractivity contribution in [1.29, 1.82) is 0 Å². The summed E-state index contributed by atoms with van der Waals surface area (Å²) in [4.78, 5) is 0. The van der Waals surface area contributed by atoms with Gasteiger partial charge in [0.15, 0.2) is 0 Å². The molecular weight excluding hydrogens is 731 g/mol. The topological polar surface area (TPSA) is 13.1 Å². The summed E-state index contributed by atoms with van der Waals surface area (Å²) in [5.41, 5.74) is 17.4. The third-order valence-electron chi connectivity index (χ3n) is 11.5. The molecule has 258 valence electrons. The molecule has 0 fully saturated rings. The summed E-state index contributed by atoms with van der Waals surface area (Å²) in [5, 5.41) is 2.93. The van der Waals surface area contributed by atoms with Crippen LogP contribution in [0.5, 0.6) is 0 Å². The molecule has 1 nitrogen and oxygen atoms in total. The molecule has 8 rings (SSSR count). The normalized spacial score (nSPS) is 19.4. The van der Waals surface area contributed by atoms with Crippen molar-refractivity contribution in [2.45, 2.75) is 80.1 Å². The number of hydrogen-bond donors (Lipinski definition) is 0. The number of aryl methyl sites for hydroxylation is 1. The van der Waals surface area contributed by atoms with Gasteiger partial charge < -0.3 is 29.2 Å². The molecule has 3 aliphatic rings. The molecule has 0 saturated heterocycles. The van der Waals surface area contributed by atoms with Crippen molar-refractivity contribution in [3.05, 3.63) is 153 Å². The molecule has 4 atom stereocenters. The first-order valence-corrected chi connectivity index (χ1v) is 18.9. The van der Waals surface area contributed by atoms with Crippen LogP contribution in [0.2, 0.25) is 0 Å². The second-order valence-electron chi connectivity index (χ2n) is 14.0. The summed E-state index contributed by atoms with van der Waals surface area (Å²) >= 11 is 1.51. The zero-order chi connectivity index (χ0) is 34.1. The number of rotatable bonds is 3. The van der Waals surface area contributed by atoms with Crippen molar-refractivity contribution >= 4 is 20.1 Å². The van der Waals surface area contributed by atoms with E-state index in [4.69, 9.17) is 4.42 Å². The Bertz CT molecular complexity index is 2000. The fourth-order valence-electron chi connectivity index (χ4n) is 8.19. The predicted molar refractivity (Wildman–Crippen MR) is 201 cm³/mol. The van der Waals surface area contributed by atoms with Gasteiger partial charge in [-0.1, -0.05) is 112 Å². The molecule has 0 spiro atoms. The summed E-state index contributed by atoms with van der Waals surface area (Å²) in [5.74, 6) is 3.94. The average Bonchev–Trinajstić information content (AvgIpc) is 3.88. The molecule has 0 bridgehead atoms. The van der Waals surface area contributed by atoms with E-state index in [0.29, 0.717) is 23.7 Å². The van der Waals surface area contributed by atoms with E-state index < -0.39 is 0 Å². The number of hydrogen-bond acceptors (Lipinski definition) is 1. The van der Waals surface area contributed by atoms with Gasteiger partial charge in [-0.2, -0.15) is 29.2 Å². The Kier molecular flexibility index (Phi) is 13.6. The number of furan rings is 1. The van der Waals surface area contributed by atoms with Gasteiger partial charge >= 0.3 is 70.3 Å². The molecule has 1 aromatic heterocycles. The molecule has 5 aromatic rings. The van der Waals surface area contributed by atoms with Gasteiger partial charge in [0.1, 0.15) is 0 Å². The van der Waals surface area contributed by atoms with Gasteiger partial charge in [-0.25, -0.2) is 0 Å². The van der Waals surface area contributed by atoms with Gasteiger partial charge in [-0.05, 0) is 59.9 Å². The molecule has 0 N–H and O–H groups in total. The van der Waals surface area contributed by atoms with E-state index in [1.54, 1.807) is 40.7 Å². The van der Waals surface area contributed by atoms with E-state index in [9.17, 15) is 0 Å². The standard InChI is InChI=1S/C29H33.C9H7O.C8H8.2ClH.Zr/c1-14-13-24-25(18(5)15(14)2)21(8)28-27-20(7)17(4)16(3)19(6)26(27)22-11-9-10-12-23(22)29(24)28;1-2-4-8(3-1)9-5-6-10-7-9;1-2-8-6-4-3-5-7-8;;;/h9-13,16-17,19,21H,1-8H3;1,3,5-7H,2H2;1,3-7H,2H2;2*1H;/q2*-1;;;;+2/p-2. The van der Waals surface area contributed by atoms with Crippen LogP contribution in [0, 0.1) is 44.6 Å². The Hall–Kier alpha value is -2.90. The Morgan fingerprint density at radius 2 is 1.54 bits per heavy atom. The molecule has 50 heavy (non-hydrogen) atoms. The first kappa shape index (κ1) is 39.9. The van der Waals surface area contributed by atoms with Crippen LogP contribution in [0.1, 0.15) is 103 Å². The summed E-state index contributed by atoms with van der Waals surface area (Å²) in [6, 6.07) is 24.1. The Labute approximate surface area is 327 Å². The Morgan fingerprint density at radius 1 is 0.860 bits per heavy atom. The van der Waals surface area contributed by atoms with Crippen LogP contribution < -0.4 is 24.8 Å². The minimum absolute atomic E-state index is 0. The van der Waals surface area contributed by atoms with E-state index >= 15 is 0 Å². The van der Waals surface area contributed by atoms with E-state index in [1.165, 1.54) is 68.4 Å². The molecule has 4 heteroatoms. The van der Waals surface area contributed by atoms with Gasteiger partial charge in [-0.15, -0.1) is 17.2 Å². The fourth-order valence-corrected chi connectivity index (χ4v) is 8.77. The number of allylic oxidation sites excluding steroid dienone is 4. The van der Waals surface area contributed by atoms with Crippen molar-refractivity contribution < 1.29 is 53.5 Å². The first-order chi connectivity index (χ1) is 23.1. The molecule has 4 unspecified atom stereocenters. The van der Waals surface area contributed by atoms with Gasteiger partial charge in [0, 0.05) is 6.26 Å². The van der Waals surface area contributed by atoms with Crippen LogP contribution in [0.4, 0.5) is 0 Å². The third-order valence-corrected chi connectivity index (χ3v) is 12.0. The van der Waals surface area contributed by atoms with Gasteiger partial charge in [0.25, 0.3) is 0 Å². The van der Waals surface area contributed by atoms with Gasteiger partial charge in [0.2, 0.25) is 0 Å². The van der Waals surface area contributed by atoms with Crippen molar-refractivity contribution in [2.75, 3.05) is 0 Å². The summed E-state index contributed by atoms with van der Waals surface area (Å²) < 4.78 is 7.18. The monoisotopic (exact) mass is 776 g/mol.